The zero-order chi connectivity index (χ0) is 22.5. The predicted molar refractivity (Wildman–Crippen MR) is 130 cm³/mol. The van der Waals surface area contributed by atoms with E-state index in [1.54, 1.807) is 12.1 Å². The molecule has 1 saturated carbocycles. The number of benzene rings is 1. The van der Waals surface area contributed by atoms with E-state index in [2.05, 4.69) is 44.9 Å². The van der Waals surface area contributed by atoms with Gasteiger partial charge in [-0.05, 0) is 68.8 Å². The van der Waals surface area contributed by atoms with Crippen LogP contribution in [0.4, 0.5) is 11.5 Å². The first kappa shape index (κ1) is 21.3. The molecule has 0 unspecified atom stereocenters. The molecule has 2 fully saturated rings. The van der Waals surface area contributed by atoms with Crippen molar-refractivity contribution >= 4 is 32.4 Å². The van der Waals surface area contributed by atoms with E-state index in [0.717, 1.165) is 56.2 Å². The summed E-state index contributed by atoms with van der Waals surface area (Å²) in [5.41, 5.74) is 3.36. The number of anilines is 2. The molecular formula is C24H31N5O2S. The summed E-state index contributed by atoms with van der Waals surface area (Å²) in [5.74, 6) is 1.08. The van der Waals surface area contributed by atoms with E-state index in [1.807, 2.05) is 19.2 Å². The van der Waals surface area contributed by atoms with Gasteiger partial charge < -0.3 is 19.7 Å². The molecule has 1 aromatic carbocycles. The van der Waals surface area contributed by atoms with Crippen molar-refractivity contribution < 1.29 is 8.42 Å². The van der Waals surface area contributed by atoms with Gasteiger partial charge in [0.2, 0.25) is 0 Å². The highest BCUT2D eigenvalue weighted by Gasteiger charge is 2.30. The Morgan fingerprint density at radius 3 is 2.28 bits per heavy atom. The van der Waals surface area contributed by atoms with Gasteiger partial charge in [-0.2, -0.15) is 0 Å². The molecule has 8 heteroatoms. The van der Waals surface area contributed by atoms with Gasteiger partial charge in [-0.25, -0.2) is 13.4 Å². The van der Waals surface area contributed by atoms with Crippen LogP contribution in [0.5, 0.6) is 0 Å². The molecule has 5 rings (SSSR count). The normalized spacial score (nSPS) is 21.7. The lowest BCUT2D eigenvalue weighted by Gasteiger charge is -2.38. The first-order chi connectivity index (χ1) is 15.3. The third-order valence-electron chi connectivity index (χ3n) is 6.98. The van der Waals surface area contributed by atoms with E-state index in [0.29, 0.717) is 17.0 Å². The molecule has 1 N–H and O–H groups in total. The van der Waals surface area contributed by atoms with E-state index < -0.39 is 9.84 Å². The van der Waals surface area contributed by atoms with Crippen LogP contribution in [0.2, 0.25) is 0 Å². The monoisotopic (exact) mass is 453 g/mol. The molecular weight excluding hydrogens is 422 g/mol. The molecule has 2 aliphatic rings. The number of aromatic nitrogens is 2. The molecule has 0 amide bonds. The molecule has 0 radical (unpaired) electrons. The highest BCUT2D eigenvalue weighted by atomic mass is 32.2. The van der Waals surface area contributed by atoms with Crippen LogP contribution in [0, 0.1) is 6.92 Å². The summed E-state index contributed by atoms with van der Waals surface area (Å²) in [6.07, 6.45) is 5.74. The van der Waals surface area contributed by atoms with E-state index in [1.165, 1.54) is 17.2 Å². The summed E-state index contributed by atoms with van der Waals surface area (Å²) >= 11 is 0. The number of sulfone groups is 1. The van der Waals surface area contributed by atoms with E-state index in [4.69, 9.17) is 4.98 Å². The predicted octanol–water partition coefficient (Wildman–Crippen LogP) is 3.00. The largest absolute Gasteiger partial charge is 0.368 e. The van der Waals surface area contributed by atoms with E-state index >= 15 is 0 Å². The lowest BCUT2D eigenvalue weighted by atomic mass is 9.87. The molecule has 1 aliphatic heterocycles. The zero-order valence-corrected chi connectivity index (χ0v) is 19.8. The lowest BCUT2D eigenvalue weighted by Crippen LogP contribution is -2.47. The molecule has 0 atom stereocenters. The average molecular weight is 454 g/mol. The van der Waals surface area contributed by atoms with E-state index in [9.17, 15) is 8.42 Å². The van der Waals surface area contributed by atoms with Crippen molar-refractivity contribution in [3.63, 3.8) is 0 Å². The summed E-state index contributed by atoms with van der Waals surface area (Å²) < 4.78 is 25.8. The van der Waals surface area contributed by atoms with Crippen molar-refractivity contribution in [1.29, 1.82) is 0 Å². The van der Waals surface area contributed by atoms with Crippen LogP contribution in [0.15, 0.2) is 47.5 Å². The number of hydrogen-bond donors (Lipinski definition) is 1. The number of fused-ring (bicyclic) bond motifs is 1. The lowest BCUT2D eigenvalue weighted by molar-refractivity contribution is 0.240. The van der Waals surface area contributed by atoms with Crippen molar-refractivity contribution in [2.45, 2.75) is 36.7 Å². The van der Waals surface area contributed by atoms with Crippen LogP contribution >= 0.6 is 0 Å². The fourth-order valence-corrected chi connectivity index (χ4v) is 5.55. The SMILES string of the molecule is CNC1CC(n2ccc3cc(C)c(N4CCN(c5ccc(S(C)(=O)=O)cc5)CC4)nc32)C1. The number of piperazine rings is 1. The quantitative estimate of drug-likeness (QED) is 0.641. The van der Waals surface area contributed by atoms with Gasteiger partial charge in [-0.15, -0.1) is 0 Å². The van der Waals surface area contributed by atoms with Crippen LogP contribution in [-0.4, -0.2) is 63.5 Å². The Morgan fingerprint density at radius 2 is 1.66 bits per heavy atom. The third kappa shape index (κ3) is 3.86. The Kier molecular flexibility index (Phi) is 5.37. The van der Waals surface area contributed by atoms with E-state index in [-0.39, 0.29) is 0 Å². The van der Waals surface area contributed by atoms with Crippen molar-refractivity contribution in [2.24, 2.45) is 0 Å². The molecule has 2 aromatic heterocycles. The molecule has 0 spiro atoms. The topological polar surface area (TPSA) is 70.5 Å². The standard InChI is InChI=1S/C24H31N5O2S/c1-17-14-18-8-9-29(21-15-19(16-21)25-2)24(18)26-23(17)28-12-10-27(11-13-28)20-4-6-22(7-5-20)32(3,30)31/h4-9,14,19,21,25H,10-13,15-16H2,1-3H3. The van der Waals surface area contributed by atoms with Crippen molar-refractivity contribution in [3.8, 4) is 0 Å². The van der Waals surface area contributed by atoms with Gasteiger partial charge >= 0.3 is 0 Å². The molecule has 0 bridgehead atoms. The Balaban J connectivity index is 1.32. The second kappa shape index (κ2) is 8.08. The molecule has 1 aliphatic carbocycles. The minimum Gasteiger partial charge on any atom is -0.368 e. The Morgan fingerprint density at radius 1 is 1.00 bits per heavy atom. The maximum atomic E-state index is 11.7. The summed E-state index contributed by atoms with van der Waals surface area (Å²) in [5, 5.41) is 4.58. The molecule has 7 nitrogen and oxygen atoms in total. The maximum absolute atomic E-state index is 11.7. The average Bonchev–Trinajstić information content (AvgIpc) is 3.14. The number of rotatable bonds is 5. The van der Waals surface area contributed by atoms with Gasteiger partial charge in [0.05, 0.1) is 4.90 Å². The minimum absolute atomic E-state index is 0.364. The maximum Gasteiger partial charge on any atom is 0.175 e. The van der Waals surface area contributed by atoms with Gasteiger partial charge in [-0.3, -0.25) is 0 Å². The number of pyridine rings is 1. The van der Waals surface area contributed by atoms with Crippen molar-refractivity contribution in [1.82, 2.24) is 14.9 Å². The van der Waals surface area contributed by atoms with Crippen LogP contribution in [0.25, 0.3) is 11.0 Å². The van der Waals surface area contributed by atoms with Crippen LogP contribution < -0.4 is 15.1 Å². The number of aryl methyl sites for hydroxylation is 1. The number of nitrogens with zero attached hydrogens (tertiary/aromatic N) is 4. The molecule has 3 heterocycles. The second-order valence-corrected chi connectivity index (χ2v) is 11.1. The molecule has 1 saturated heterocycles. The first-order valence-corrected chi connectivity index (χ1v) is 13.2. The van der Waals surface area contributed by atoms with Crippen molar-refractivity contribution in [3.05, 3.63) is 48.2 Å². The van der Waals surface area contributed by atoms with Crippen LogP contribution in [-0.2, 0) is 9.84 Å². The summed E-state index contributed by atoms with van der Waals surface area (Å²) in [6, 6.07) is 12.8. The van der Waals surface area contributed by atoms with Gasteiger partial charge in [0, 0.05) is 61.8 Å². The summed E-state index contributed by atoms with van der Waals surface area (Å²) in [7, 11) is -1.13. The fraction of sp³-hybridized carbons (Fsp3) is 0.458. The van der Waals surface area contributed by atoms with Gasteiger partial charge in [0.25, 0.3) is 0 Å². The Labute approximate surface area is 190 Å². The minimum atomic E-state index is -3.17. The third-order valence-corrected chi connectivity index (χ3v) is 8.11. The fourth-order valence-electron chi connectivity index (χ4n) is 4.92. The van der Waals surface area contributed by atoms with Gasteiger partial charge in [0.15, 0.2) is 9.84 Å². The van der Waals surface area contributed by atoms with Crippen LogP contribution in [0.3, 0.4) is 0 Å². The molecule has 3 aromatic rings. The molecule has 32 heavy (non-hydrogen) atoms. The smallest absolute Gasteiger partial charge is 0.175 e. The number of nitrogens with one attached hydrogen (secondary N) is 1. The zero-order valence-electron chi connectivity index (χ0n) is 19.0. The Hall–Kier alpha value is -2.58. The van der Waals surface area contributed by atoms with Gasteiger partial charge in [0.1, 0.15) is 11.5 Å². The first-order valence-electron chi connectivity index (χ1n) is 11.3. The molecule has 170 valence electrons. The van der Waals surface area contributed by atoms with Gasteiger partial charge in [-0.1, -0.05) is 0 Å². The Bertz CT molecular complexity index is 1220. The van der Waals surface area contributed by atoms with Crippen molar-refractivity contribution in [2.75, 3.05) is 49.3 Å². The highest BCUT2D eigenvalue weighted by Crippen LogP contribution is 2.36. The number of hydrogen-bond acceptors (Lipinski definition) is 6. The highest BCUT2D eigenvalue weighted by molar-refractivity contribution is 7.90. The summed E-state index contributed by atoms with van der Waals surface area (Å²) in [6.45, 7) is 5.68. The summed E-state index contributed by atoms with van der Waals surface area (Å²) in [4.78, 5) is 10.2. The second-order valence-electron chi connectivity index (χ2n) is 9.12. The van der Waals surface area contributed by atoms with Crippen LogP contribution in [0.1, 0.15) is 24.4 Å².